The van der Waals surface area contributed by atoms with Crippen molar-refractivity contribution in [3.8, 4) is 0 Å². The first-order valence-corrected chi connectivity index (χ1v) is 9.78. The van der Waals surface area contributed by atoms with Crippen LogP contribution in [0.1, 0.15) is 37.2 Å². The van der Waals surface area contributed by atoms with Gasteiger partial charge in [-0.2, -0.15) is 0 Å². The molecule has 0 radical (unpaired) electrons. The second-order valence-corrected chi connectivity index (χ2v) is 7.70. The standard InChI is InChI=1S/C9H8FNO2.C6H3BrFNO2.C3H7BO2/c10-9-4-3-7(11(12)13)5-8(9)6-1-2-6;7-5-3-4(9(10)11)1-2-6(5)8;5-4(6)3-1-2-3/h3-6H,1-2H2;1-3H;3,5-6H,1-2H2. The third-order valence-corrected chi connectivity index (χ3v) is 4.97. The van der Waals surface area contributed by atoms with Gasteiger partial charge < -0.3 is 10.0 Å². The maximum Gasteiger partial charge on any atom is 0.454 e. The molecule has 2 N–H and O–H groups in total. The molecule has 2 aliphatic carbocycles. The summed E-state index contributed by atoms with van der Waals surface area (Å²) in [6, 6.07) is 6.98. The van der Waals surface area contributed by atoms with E-state index in [-0.39, 0.29) is 33.4 Å². The van der Waals surface area contributed by atoms with E-state index >= 15 is 0 Å². The molecule has 30 heavy (non-hydrogen) atoms. The molecule has 8 nitrogen and oxygen atoms in total. The molecule has 0 unspecified atom stereocenters. The first-order chi connectivity index (χ1) is 14.1. The number of rotatable bonds is 4. The quantitative estimate of drug-likeness (QED) is 0.365. The van der Waals surface area contributed by atoms with E-state index in [0.29, 0.717) is 5.56 Å². The molecule has 12 heteroatoms. The van der Waals surface area contributed by atoms with Gasteiger partial charge in [0.15, 0.2) is 0 Å². The highest BCUT2D eigenvalue weighted by molar-refractivity contribution is 9.10. The van der Waals surface area contributed by atoms with E-state index < -0.39 is 22.8 Å². The summed E-state index contributed by atoms with van der Waals surface area (Å²) in [5.74, 6) is -0.409. The summed E-state index contributed by atoms with van der Waals surface area (Å²) in [5, 5.41) is 37.0. The molecule has 0 bridgehead atoms. The second kappa shape index (κ2) is 10.6. The Bertz CT molecular complexity index is 926. The Morgan fingerprint density at radius 2 is 1.40 bits per heavy atom. The number of halogens is 3. The molecule has 0 heterocycles. The van der Waals surface area contributed by atoms with E-state index in [2.05, 4.69) is 15.9 Å². The molecule has 160 valence electrons. The Morgan fingerprint density at radius 3 is 1.77 bits per heavy atom. The Balaban J connectivity index is 0.000000171. The van der Waals surface area contributed by atoms with Crippen LogP contribution >= 0.6 is 15.9 Å². The lowest BCUT2D eigenvalue weighted by atomic mass is 9.84. The van der Waals surface area contributed by atoms with Crippen molar-refractivity contribution in [1.82, 2.24) is 0 Å². The molecule has 4 rings (SSSR count). The predicted octanol–water partition coefficient (Wildman–Crippen LogP) is 4.73. The van der Waals surface area contributed by atoms with Gasteiger partial charge in [0.2, 0.25) is 0 Å². The van der Waals surface area contributed by atoms with Crippen LogP contribution in [-0.4, -0.2) is 27.0 Å². The summed E-state index contributed by atoms with van der Waals surface area (Å²) in [4.78, 5) is 19.4. The van der Waals surface area contributed by atoms with Crippen molar-refractivity contribution in [3.05, 3.63) is 78.3 Å². The Hall–Kier alpha value is -2.44. The molecule has 0 saturated heterocycles. The summed E-state index contributed by atoms with van der Waals surface area (Å²) in [7, 11) is -1.04. The van der Waals surface area contributed by atoms with Crippen molar-refractivity contribution in [2.24, 2.45) is 0 Å². The van der Waals surface area contributed by atoms with Crippen LogP contribution in [0.2, 0.25) is 5.82 Å². The van der Waals surface area contributed by atoms with Gasteiger partial charge in [-0.1, -0.05) is 12.8 Å². The van der Waals surface area contributed by atoms with Crippen molar-refractivity contribution in [3.63, 3.8) is 0 Å². The van der Waals surface area contributed by atoms with Gasteiger partial charge in [0.05, 0.1) is 14.3 Å². The van der Waals surface area contributed by atoms with Crippen molar-refractivity contribution >= 4 is 34.4 Å². The molecule has 0 aromatic heterocycles. The fourth-order valence-corrected chi connectivity index (χ4v) is 2.71. The summed E-state index contributed by atoms with van der Waals surface area (Å²) in [5.41, 5.74) is 0.343. The molecule has 0 aliphatic heterocycles. The van der Waals surface area contributed by atoms with Gasteiger partial charge in [0, 0.05) is 24.3 Å². The van der Waals surface area contributed by atoms with Gasteiger partial charge in [-0.25, -0.2) is 8.78 Å². The van der Waals surface area contributed by atoms with Gasteiger partial charge in [-0.3, -0.25) is 20.2 Å². The molecule has 2 saturated carbocycles. The topological polar surface area (TPSA) is 127 Å². The third-order valence-electron chi connectivity index (χ3n) is 4.37. The number of nitro groups is 2. The highest BCUT2D eigenvalue weighted by Crippen LogP contribution is 2.42. The van der Waals surface area contributed by atoms with Crippen LogP contribution in [-0.2, 0) is 0 Å². The minimum atomic E-state index is -1.04. The number of nitrogens with zero attached hydrogens (tertiary/aromatic N) is 2. The molecule has 0 spiro atoms. The van der Waals surface area contributed by atoms with Crippen molar-refractivity contribution < 1.29 is 28.7 Å². The molecule has 2 fully saturated rings. The van der Waals surface area contributed by atoms with Crippen molar-refractivity contribution in [1.29, 1.82) is 0 Å². The lowest BCUT2D eigenvalue weighted by Gasteiger charge is -1.99. The summed E-state index contributed by atoms with van der Waals surface area (Å²) < 4.78 is 25.7. The molecule has 2 aromatic carbocycles. The van der Waals surface area contributed by atoms with Gasteiger partial charge in [0.25, 0.3) is 11.4 Å². The van der Waals surface area contributed by atoms with Crippen LogP contribution < -0.4 is 0 Å². The minimum Gasteiger partial charge on any atom is -0.427 e. The average molecular weight is 487 g/mol. The Kier molecular flexibility index (Phi) is 8.38. The second-order valence-electron chi connectivity index (χ2n) is 6.84. The van der Waals surface area contributed by atoms with Crippen molar-refractivity contribution in [2.75, 3.05) is 0 Å². The van der Waals surface area contributed by atoms with E-state index in [4.69, 9.17) is 10.0 Å². The number of hydrogen-bond acceptors (Lipinski definition) is 6. The van der Waals surface area contributed by atoms with Gasteiger partial charge >= 0.3 is 7.12 Å². The van der Waals surface area contributed by atoms with Crippen LogP contribution in [0.25, 0.3) is 0 Å². The van der Waals surface area contributed by atoms with E-state index in [0.717, 1.165) is 43.9 Å². The highest BCUT2D eigenvalue weighted by atomic mass is 79.9. The molecular formula is C18H18BBrF2N2O6. The molecule has 0 amide bonds. The van der Waals surface area contributed by atoms with Gasteiger partial charge in [-0.05, 0) is 58.2 Å². The van der Waals surface area contributed by atoms with E-state index in [9.17, 15) is 29.0 Å². The first kappa shape index (κ1) is 23.8. The van der Waals surface area contributed by atoms with Crippen LogP contribution in [0.15, 0.2) is 40.9 Å². The molecule has 2 aromatic rings. The predicted molar refractivity (Wildman–Crippen MR) is 109 cm³/mol. The maximum atomic E-state index is 13.1. The fraction of sp³-hybridized carbons (Fsp3) is 0.333. The number of non-ortho nitro benzene ring substituents is 2. The van der Waals surface area contributed by atoms with Crippen LogP contribution in [0.4, 0.5) is 20.2 Å². The summed E-state index contributed by atoms with van der Waals surface area (Å²) in [6.45, 7) is 0. The zero-order valence-corrected chi connectivity index (χ0v) is 17.2. The monoisotopic (exact) mass is 486 g/mol. The third kappa shape index (κ3) is 7.43. The zero-order valence-electron chi connectivity index (χ0n) is 15.6. The van der Waals surface area contributed by atoms with Crippen LogP contribution in [0.3, 0.4) is 0 Å². The normalized spacial score (nSPS) is 14.6. The summed E-state index contributed by atoms with van der Waals surface area (Å²) in [6.07, 6.45) is 3.88. The fourth-order valence-electron chi connectivity index (χ4n) is 2.34. The largest absolute Gasteiger partial charge is 0.454 e. The Morgan fingerprint density at radius 1 is 0.900 bits per heavy atom. The smallest absolute Gasteiger partial charge is 0.427 e. The number of benzene rings is 2. The molecule has 2 aliphatic rings. The van der Waals surface area contributed by atoms with Crippen LogP contribution in [0, 0.1) is 31.9 Å². The average Bonchev–Trinajstić information content (AvgIpc) is 3.57. The Labute approximate surface area is 179 Å². The SMILES string of the molecule is O=[N+]([O-])c1ccc(F)c(Br)c1.O=[N+]([O-])c1ccc(F)c(C2CC2)c1.OB(O)C1CC1. The van der Waals surface area contributed by atoms with E-state index in [1.54, 1.807) is 0 Å². The lowest BCUT2D eigenvalue weighted by molar-refractivity contribution is -0.385. The number of nitro benzene ring substituents is 2. The molecular weight excluding hydrogens is 469 g/mol. The van der Waals surface area contributed by atoms with E-state index in [1.807, 2.05) is 0 Å². The highest BCUT2D eigenvalue weighted by Gasteiger charge is 2.33. The zero-order chi connectivity index (χ0) is 22.4. The number of hydrogen-bond donors (Lipinski definition) is 2. The van der Waals surface area contributed by atoms with Crippen molar-refractivity contribution in [2.45, 2.75) is 37.4 Å². The van der Waals surface area contributed by atoms with Crippen LogP contribution in [0.5, 0.6) is 0 Å². The minimum absolute atomic E-state index is 0.0247. The first-order valence-electron chi connectivity index (χ1n) is 8.99. The van der Waals surface area contributed by atoms with Gasteiger partial charge in [-0.15, -0.1) is 0 Å². The summed E-state index contributed by atoms with van der Waals surface area (Å²) >= 11 is 2.83. The molecule has 0 atom stereocenters. The maximum absolute atomic E-state index is 13.1. The van der Waals surface area contributed by atoms with Gasteiger partial charge in [0.1, 0.15) is 11.6 Å². The lowest BCUT2D eigenvalue weighted by Crippen LogP contribution is -2.09. The van der Waals surface area contributed by atoms with E-state index in [1.165, 1.54) is 18.2 Å².